The summed E-state index contributed by atoms with van der Waals surface area (Å²) in [6.45, 7) is 8.04. The molecule has 1 heterocycles. The summed E-state index contributed by atoms with van der Waals surface area (Å²) >= 11 is 0. The van der Waals surface area contributed by atoms with Gasteiger partial charge in [0.2, 0.25) is 0 Å². The second kappa shape index (κ2) is 6.55. The highest BCUT2D eigenvalue weighted by Crippen LogP contribution is 2.28. The standard InChI is InChI=1S/C21H21NO3/c1-5-25-21(24)19-12-18-15(4)22(16-8-6-7-13(2)11-16)14(3)17(18)9-10-20(19)23/h6-12H,5H2,1-4H3. The molecular formula is C21H21NO3. The van der Waals surface area contributed by atoms with Crippen LogP contribution in [0.25, 0.3) is 16.5 Å². The van der Waals surface area contributed by atoms with Gasteiger partial charge in [0.15, 0.2) is 5.43 Å². The van der Waals surface area contributed by atoms with Crippen LogP contribution in [0.4, 0.5) is 0 Å². The Balaban J connectivity index is 2.32. The molecule has 0 unspecified atom stereocenters. The summed E-state index contributed by atoms with van der Waals surface area (Å²) in [7, 11) is 0. The normalized spacial score (nSPS) is 10.9. The van der Waals surface area contributed by atoms with Crippen molar-refractivity contribution in [2.45, 2.75) is 27.7 Å². The SMILES string of the molecule is CCOC(=O)c1cc2c(C)n(-c3cccc(C)c3)c(C)c2ccc1=O. The van der Waals surface area contributed by atoms with Crippen LogP contribution in [0.3, 0.4) is 0 Å². The Kier molecular flexibility index (Phi) is 4.45. The summed E-state index contributed by atoms with van der Waals surface area (Å²) in [6, 6.07) is 13.1. The first-order chi connectivity index (χ1) is 11.9. The predicted octanol–water partition coefficient (Wildman–Crippen LogP) is 4.09. The van der Waals surface area contributed by atoms with Gasteiger partial charge in [0.05, 0.1) is 6.61 Å². The lowest BCUT2D eigenvalue weighted by atomic mass is 10.2. The van der Waals surface area contributed by atoms with E-state index in [0.29, 0.717) is 0 Å². The van der Waals surface area contributed by atoms with E-state index in [4.69, 9.17) is 4.74 Å². The minimum absolute atomic E-state index is 0.0707. The highest BCUT2D eigenvalue weighted by atomic mass is 16.5. The zero-order chi connectivity index (χ0) is 18.1. The Morgan fingerprint density at radius 1 is 1.00 bits per heavy atom. The maximum Gasteiger partial charge on any atom is 0.342 e. The van der Waals surface area contributed by atoms with E-state index in [1.165, 1.54) is 11.6 Å². The van der Waals surface area contributed by atoms with Gasteiger partial charge < -0.3 is 9.30 Å². The molecule has 4 heteroatoms. The average Bonchev–Trinajstić information content (AvgIpc) is 2.70. The van der Waals surface area contributed by atoms with Gasteiger partial charge in [-0.3, -0.25) is 4.79 Å². The van der Waals surface area contributed by atoms with Crippen molar-refractivity contribution in [1.29, 1.82) is 0 Å². The number of hydrogen-bond donors (Lipinski definition) is 0. The summed E-state index contributed by atoms with van der Waals surface area (Å²) < 4.78 is 7.18. The first-order valence-electron chi connectivity index (χ1n) is 8.34. The zero-order valence-corrected chi connectivity index (χ0v) is 14.9. The van der Waals surface area contributed by atoms with Crippen molar-refractivity contribution in [2.24, 2.45) is 0 Å². The molecule has 0 spiro atoms. The molecule has 0 aliphatic carbocycles. The Morgan fingerprint density at radius 3 is 2.40 bits per heavy atom. The van der Waals surface area contributed by atoms with Crippen molar-refractivity contribution in [3.63, 3.8) is 0 Å². The van der Waals surface area contributed by atoms with E-state index in [-0.39, 0.29) is 17.6 Å². The van der Waals surface area contributed by atoms with Gasteiger partial charge in [0.25, 0.3) is 0 Å². The summed E-state index contributed by atoms with van der Waals surface area (Å²) in [4.78, 5) is 24.4. The van der Waals surface area contributed by atoms with Crippen molar-refractivity contribution in [2.75, 3.05) is 6.61 Å². The number of rotatable bonds is 3. The number of ether oxygens (including phenoxy) is 1. The monoisotopic (exact) mass is 335 g/mol. The third-order valence-electron chi connectivity index (χ3n) is 4.45. The number of hydrogen-bond acceptors (Lipinski definition) is 3. The molecule has 0 saturated heterocycles. The molecular weight excluding hydrogens is 314 g/mol. The van der Waals surface area contributed by atoms with Crippen LogP contribution in [0.2, 0.25) is 0 Å². The van der Waals surface area contributed by atoms with Gasteiger partial charge in [0.1, 0.15) is 5.56 Å². The Labute approximate surface area is 146 Å². The van der Waals surface area contributed by atoms with Gasteiger partial charge in [0, 0.05) is 27.8 Å². The molecule has 0 amide bonds. The van der Waals surface area contributed by atoms with E-state index in [0.717, 1.165) is 27.8 Å². The second-order valence-electron chi connectivity index (χ2n) is 6.15. The van der Waals surface area contributed by atoms with Crippen molar-refractivity contribution >= 4 is 16.7 Å². The van der Waals surface area contributed by atoms with Gasteiger partial charge in [-0.15, -0.1) is 0 Å². The fourth-order valence-electron chi connectivity index (χ4n) is 3.26. The van der Waals surface area contributed by atoms with Crippen LogP contribution in [0.1, 0.15) is 34.2 Å². The second-order valence-corrected chi connectivity index (χ2v) is 6.15. The van der Waals surface area contributed by atoms with E-state index >= 15 is 0 Å². The fourth-order valence-corrected chi connectivity index (χ4v) is 3.26. The Bertz CT molecular complexity index is 1030. The fraction of sp³-hybridized carbons (Fsp3) is 0.238. The third-order valence-corrected chi connectivity index (χ3v) is 4.45. The molecule has 0 atom stereocenters. The molecule has 0 N–H and O–H groups in total. The lowest BCUT2D eigenvalue weighted by Crippen LogP contribution is -2.14. The van der Waals surface area contributed by atoms with Gasteiger partial charge in [-0.2, -0.15) is 0 Å². The maximum absolute atomic E-state index is 12.3. The molecule has 0 radical (unpaired) electrons. The maximum atomic E-state index is 12.3. The lowest BCUT2D eigenvalue weighted by molar-refractivity contribution is 0.0525. The first kappa shape index (κ1) is 17.0. The molecule has 3 rings (SSSR count). The topological polar surface area (TPSA) is 48.3 Å². The number of aromatic nitrogens is 1. The zero-order valence-electron chi connectivity index (χ0n) is 14.9. The van der Waals surface area contributed by atoms with Crippen molar-refractivity contribution < 1.29 is 9.53 Å². The van der Waals surface area contributed by atoms with Crippen LogP contribution >= 0.6 is 0 Å². The van der Waals surface area contributed by atoms with Crippen LogP contribution < -0.4 is 5.43 Å². The Morgan fingerprint density at radius 2 is 1.72 bits per heavy atom. The van der Waals surface area contributed by atoms with Gasteiger partial charge >= 0.3 is 5.97 Å². The molecule has 25 heavy (non-hydrogen) atoms. The summed E-state index contributed by atoms with van der Waals surface area (Å²) in [6.07, 6.45) is 0. The molecule has 0 aliphatic rings. The molecule has 128 valence electrons. The van der Waals surface area contributed by atoms with E-state index in [1.807, 2.05) is 19.9 Å². The average molecular weight is 335 g/mol. The van der Waals surface area contributed by atoms with Crippen LogP contribution in [-0.2, 0) is 4.74 Å². The summed E-state index contributed by atoms with van der Waals surface area (Å²) in [5, 5.41) is 1.83. The molecule has 0 bridgehead atoms. The minimum Gasteiger partial charge on any atom is -0.462 e. The number of carbonyl (C=O) groups is 1. The Hall–Kier alpha value is -2.88. The largest absolute Gasteiger partial charge is 0.462 e. The summed E-state index contributed by atoms with van der Waals surface area (Å²) in [5.41, 5.74) is 4.00. The van der Waals surface area contributed by atoms with E-state index in [2.05, 4.69) is 29.7 Å². The molecule has 0 saturated carbocycles. The highest BCUT2D eigenvalue weighted by Gasteiger charge is 2.16. The minimum atomic E-state index is -0.578. The van der Waals surface area contributed by atoms with E-state index in [9.17, 15) is 9.59 Å². The predicted molar refractivity (Wildman–Crippen MR) is 99.7 cm³/mol. The van der Waals surface area contributed by atoms with Gasteiger partial charge in [-0.1, -0.05) is 12.1 Å². The van der Waals surface area contributed by atoms with E-state index < -0.39 is 5.97 Å². The number of nitrogens with zero attached hydrogens (tertiary/aromatic N) is 1. The number of benzene rings is 1. The number of carbonyl (C=O) groups excluding carboxylic acids is 1. The molecule has 2 aromatic carbocycles. The van der Waals surface area contributed by atoms with Crippen molar-refractivity contribution in [3.05, 3.63) is 75.2 Å². The van der Waals surface area contributed by atoms with Crippen LogP contribution in [-0.4, -0.2) is 17.1 Å². The van der Waals surface area contributed by atoms with Crippen LogP contribution in [0.5, 0.6) is 0 Å². The quantitative estimate of drug-likeness (QED) is 0.677. The molecule has 0 aliphatic heterocycles. The van der Waals surface area contributed by atoms with E-state index in [1.54, 1.807) is 19.1 Å². The molecule has 0 fully saturated rings. The highest BCUT2D eigenvalue weighted by molar-refractivity contribution is 5.96. The number of aryl methyl sites for hydroxylation is 3. The number of esters is 1. The summed E-state index contributed by atoms with van der Waals surface area (Å²) in [5.74, 6) is -0.578. The van der Waals surface area contributed by atoms with Crippen LogP contribution in [0, 0.1) is 20.8 Å². The van der Waals surface area contributed by atoms with Gasteiger partial charge in [-0.25, -0.2) is 4.79 Å². The number of fused-ring (bicyclic) bond motifs is 1. The van der Waals surface area contributed by atoms with Crippen molar-refractivity contribution in [3.8, 4) is 5.69 Å². The smallest absolute Gasteiger partial charge is 0.342 e. The molecule has 3 aromatic rings. The lowest BCUT2D eigenvalue weighted by Gasteiger charge is -2.10. The third kappa shape index (κ3) is 2.95. The first-order valence-corrected chi connectivity index (χ1v) is 8.34. The molecule has 4 nitrogen and oxygen atoms in total. The van der Waals surface area contributed by atoms with Crippen molar-refractivity contribution in [1.82, 2.24) is 4.57 Å². The van der Waals surface area contributed by atoms with Gasteiger partial charge in [-0.05, 0) is 63.6 Å². The molecule has 1 aromatic heterocycles. The van der Waals surface area contributed by atoms with Crippen LogP contribution in [0.15, 0.2) is 47.3 Å².